The smallest absolute Gasteiger partial charge is 0.241 e. The molecule has 0 aromatic carbocycles. The molecular formula is C18H36O2Si2. The average molecular weight is 341 g/mol. The first-order valence-electron chi connectivity index (χ1n) is 8.40. The molecule has 0 heterocycles. The summed E-state index contributed by atoms with van der Waals surface area (Å²) < 4.78 is 12.9. The normalized spacial score (nSPS) is 27.3. The van der Waals surface area contributed by atoms with Gasteiger partial charge in [-0.15, -0.1) is 6.58 Å². The third-order valence-electron chi connectivity index (χ3n) is 5.00. The minimum atomic E-state index is -1.78. The van der Waals surface area contributed by atoms with E-state index in [2.05, 4.69) is 79.2 Å². The summed E-state index contributed by atoms with van der Waals surface area (Å²) >= 11 is 0. The van der Waals surface area contributed by atoms with E-state index >= 15 is 0 Å². The van der Waals surface area contributed by atoms with Crippen LogP contribution in [0, 0.1) is 5.41 Å². The number of rotatable bonds is 5. The maximum Gasteiger partial charge on any atom is 0.241 e. The predicted molar refractivity (Wildman–Crippen MR) is 102 cm³/mol. The van der Waals surface area contributed by atoms with Gasteiger partial charge in [0.25, 0.3) is 0 Å². The van der Waals surface area contributed by atoms with Gasteiger partial charge in [-0.05, 0) is 50.3 Å². The molecule has 2 atom stereocenters. The summed E-state index contributed by atoms with van der Waals surface area (Å²) in [6.45, 7) is 24.6. The molecule has 1 aliphatic rings. The Bertz CT molecular complexity index is 441. The van der Waals surface area contributed by atoms with Gasteiger partial charge in [-0.2, -0.15) is 0 Å². The molecule has 0 aromatic rings. The average Bonchev–Trinajstić information content (AvgIpc) is 2.29. The summed E-state index contributed by atoms with van der Waals surface area (Å²) in [4.78, 5) is 0. The van der Waals surface area contributed by atoms with Gasteiger partial charge in [-0.25, -0.2) is 0 Å². The first kappa shape index (κ1) is 19.7. The van der Waals surface area contributed by atoms with Crippen LogP contribution in [0.3, 0.4) is 0 Å². The lowest BCUT2D eigenvalue weighted by Crippen LogP contribution is -2.49. The molecule has 4 heteroatoms. The van der Waals surface area contributed by atoms with Gasteiger partial charge in [-0.3, -0.25) is 0 Å². The van der Waals surface area contributed by atoms with E-state index < -0.39 is 16.6 Å². The van der Waals surface area contributed by atoms with E-state index in [-0.39, 0.29) is 16.6 Å². The first-order chi connectivity index (χ1) is 9.70. The van der Waals surface area contributed by atoms with E-state index in [1.807, 2.05) is 0 Å². The quantitative estimate of drug-likeness (QED) is 0.445. The lowest BCUT2D eigenvalue weighted by Gasteiger charge is -2.46. The molecule has 0 saturated heterocycles. The van der Waals surface area contributed by atoms with Crippen molar-refractivity contribution >= 4 is 16.6 Å². The largest absolute Gasteiger partial charge is 0.548 e. The van der Waals surface area contributed by atoms with Crippen LogP contribution in [0.5, 0.6) is 0 Å². The molecule has 0 radical (unpaired) electrons. The highest BCUT2D eigenvalue weighted by atomic mass is 28.4. The molecule has 0 unspecified atom stereocenters. The maximum absolute atomic E-state index is 6.71. The van der Waals surface area contributed by atoms with Gasteiger partial charge in [0, 0.05) is 11.8 Å². The van der Waals surface area contributed by atoms with Gasteiger partial charge < -0.3 is 8.85 Å². The van der Waals surface area contributed by atoms with Gasteiger partial charge in [0.05, 0.1) is 11.9 Å². The van der Waals surface area contributed by atoms with Crippen LogP contribution in [0.2, 0.25) is 37.8 Å². The lowest BCUT2D eigenvalue weighted by molar-refractivity contribution is 0.0656. The second-order valence-corrected chi connectivity index (χ2v) is 18.6. The summed E-state index contributed by atoms with van der Waals surface area (Å²) in [5.74, 6) is 1.14. The summed E-state index contributed by atoms with van der Waals surface area (Å²) in [6.07, 6.45) is 6.36. The molecule has 128 valence electrons. The van der Waals surface area contributed by atoms with Crippen LogP contribution in [0.15, 0.2) is 24.5 Å². The molecule has 0 fully saturated rings. The molecule has 2 nitrogen and oxygen atoms in total. The molecule has 0 bridgehead atoms. The van der Waals surface area contributed by atoms with E-state index in [4.69, 9.17) is 8.85 Å². The summed E-state index contributed by atoms with van der Waals surface area (Å²) in [6, 6.07) is 0. The van der Waals surface area contributed by atoms with E-state index in [1.54, 1.807) is 0 Å². The monoisotopic (exact) mass is 340 g/mol. The third kappa shape index (κ3) is 4.83. The molecule has 1 aliphatic carbocycles. The van der Waals surface area contributed by atoms with Gasteiger partial charge in [0.15, 0.2) is 8.32 Å². The molecule has 0 N–H and O–H groups in total. The molecule has 22 heavy (non-hydrogen) atoms. The number of hydrogen-bond donors (Lipinski definition) is 0. The molecule has 0 aromatic heterocycles. The molecule has 1 rings (SSSR count). The zero-order valence-electron chi connectivity index (χ0n) is 16.2. The van der Waals surface area contributed by atoms with Crippen molar-refractivity contribution < 1.29 is 8.85 Å². The molecule has 0 amide bonds. The fourth-order valence-electron chi connectivity index (χ4n) is 2.46. The van der Waals surface area contributed by atoms with Gasteiger partial charge >= 0.3 is 0 Å². The second-order valence-electron chi connectivity index (χ2n) is 9.37. The topological polar surface area (TPSA) is 18.5 Å². The Labute approximate surface area is 140 Å². The zero-order valence-corrected chi connectivity index (χ0v) is 18.2. The SMILES string of the molecule is C=C[C@]1(C)CC(O[Si](C)(C)C)=CC[C@H]1O[Si](C)(C)C(C)(C)C. The molecule has 0 spiro atoms. The van der Waals surface area contributed by atoms with Crippen LogP contribution >= 0.6 is 0 Å². The number of allylic oxidation sites excluding steroid dienone is 1. The lowest BCUT2D eigenvalue weighted by atomic mass is 9.76. The van der Waals surface area contributed by atoms with Crippen LogP contribution in [0.25, 0.3) is 0 Å². The summed E-state index contributed by atoms with van der Waals surface area (Å²) in [7, 11) is -3.33. The predicted octanol–water partition coefficient (Wildman–Crippen LogP) is 6.10. The van der Waals surface area contributed by atoms with Crippen LogP contribution in [0.4, 0.5) is 0 Å². The molecular weight excluding hydrogens is 304 g/mol. The highest BCUT2D eigenvalue weighted by molar-refractivity contribution is 6.74. The van der Waals surface area contributed by atoms with Crippen molar-refractivity contribution in [1.29, 1.82) is 0 Å². The van der Waals surface area contributed by atoms with Crippen LogP contribution < -0.4 is 0 Å². The van der Waals surface area contributed by atoms with Crippen molar-refractivity contribution in [1.82, 2.24) is 0 Å². The Morgan fingerprint density at radius 2 is 1.77 bits per heavy atom. The van der Waals surface area contributed by atoms with E-state index in [1.165, 1.54) is 0 Å². The Hall–Kier alpha value is -0.326. The Balaban J connectivity index is 2.96. The van der Waals surface area contributed by atoms with Gasteiger partial charge in [0.2, 0.25) is 8.32 Å². The van der Waals surface area contributed by atoms with Crippen molar-refractivity contribution in [3.63, 3.8) is 0 Å². The first-order valence-corrected chi connectivity index (χ1v) is 14.7. The Kier molecular flexibility index (Phi) is 5.64. The second kappa shape index (κ2) is 6.29. The highest BCUT2D eigenvalue weighted by Crippen LogP contribution is 2.45. The fourth-order valence-corrected chi connectivity index (χ4v) is 4.83. The van der Waals surface area contributed by atoms with Crippen molar-refractivity contribution in [2.24, 2.45) is 5.41 Å². The van der Waals surface area contributed by atoms with Crippen molar-refractivity contribution in [2.45, 2.75) is 84.4 Å². The maximum atomic E-state index is 6.71. The van der Waals surface area contributed by atoms with E-state index in [9.17, 15) is 0 Å². The minimum Gasteiger partial charge on any atom is -0.548 e. The standard InChI is InChI=1S/C18H36O2Si2/c1-11-18(5)14-15(19-21(6,7)8)12-13-16(18)20-22(9,10)17(2,3)4/h11-12,16H,1,13-14H2,2-10H3/t16-,18-/m1/s1. The van der Waals surface area contributed by atoms with Crippen molar-refractivity contribution in [3.05, 3.63) is 24.5 Å². The van der Waals surface area contributed by atoms with Crippen molar-refractivity contribution in [3.8, 4) is 0 Å². The molecule has 0 aliphatic heterocycles. The van der Waals surface area contributed by atoms with Crippen molar-refractivity contribution in [2.75, 3.05) is 0 Å². The van der Waals surface area contributed by atoms with Gasteiger partial charge in [-0.1, -0.05) is 33.8 Å². The Morgan fingerprint density at radius 1 is 1.23 bits per heavy atom. The summed E-state index contributed by atoms with van der Waals surface area (Å²) in [5.41, 5.74) is -0.0424. The van der Waals surface area contributed by atoms with Gasteiger partial charge in [0.1, 0.15) is 0 Å². The Morgan fingerprint density at radius 3 is 2.18 bits per heavy atom. The van der Waals surface area contributed by atoms with E-state index in [0.29, 0.717) is 0 Å². The zero-order chi connectivity index (χ0) is 17.4. The summed E-state index contributed by atoms with van der Waals surface area (Å²) in [5, 5.41) is 0.230. The third-order valence-corrected chi connectivity index (χ3v) is 10.4. The molecule has 0 saturated carbocycles. The highest BCUT2D eigenvalue weighted by Gasteiger charge is 2.44. The van der Waals surface area contributed by atoms with Crippen LogP contribution in [-0.4, -0.2) is 22.7 Å². The van der Waals surface area contributed by atoms with Crippen LogP contribution in [0.1, 0.15) is 40.5 Å². The minimum absolute atomic E-state index is 0.0424. The number of hydrogen-bond acceptors (Lipinski definition) is 2. The fraction of sp³-hybridized carbons (Fsp3) is 0.778. The van der Waals surface area contributed by atoms with Crippen LogP contribution in [-0.2, 0) is 8.85 Å². The van der Waals surface area contributed by atoms with E-state index in [0.717, 1.165) is 18.6 Å².